The highest BCUT2D eigenvalue weighted by Gasteiger charge is 2.30. The first-order valence-electron chi connectivity index (χ1n) is 13.6. The van der Waals surface area contributed by atoms with Crippen molar-refractivity contribution in [1.82, 2.24) is 20.0 Å². The summed E-state index contributed by atoms with van der Waals surface area (Å²) < 4.78 is 28.5. The fourth-order valence-corrected chi connectivity index (χ4v) is 6.68. The number of carboxylic acids is 1. The molecule has 0 radical (unpaired) electrons. The molecule has 42 heavy (non-hydrogen) atoms. The van der Waals surface area contributed by atoms with Crippen LogP contribution in [0.1, 0.15) is 49.5 Å². The molecule has 0 saturated carbocycles. The van der Waals surface area contributed by atoms with Crippen LogP contribution in [0.5, 0.6) is 0 Å². The van der Waals surface area contributed by atoms with Gasteiger partial charge in [0.2, 0.25) is 16.0 Å². The van der Waals surface area contributed by atoms with Crippen LogP contribution in [0.4, 0.5) is 11.6 Å². The summed E-state index contributed by atoms with van der Waals surface area (Å²) in [5, 5.41) is 15.9. The Morgan fingerprint density at radius 1 is 1.07 bits per heavy atom. The normalized spacial score (nSPS) is 15.2. The molecule has 4 rings (SSSR count). The van der Waals surface area contributed by atoms with Gasteiger partial charge in [-0.3, -0.25) is 9.59 Å². The molecule has 0 unspecified atom stereocenters. The second-order valence-electron chi connectivity index (χ2n) is 11.1. The third kappa shape index (κ3) is 7.75. The predicted molar refractivity (Wildman–Crippen MR) is 162 cm³/mol. The summed E-state index contributed by atoms with van der Waals surface area (Å²) in [5.41, 5.74) is 1.07. The largest absolute Gasteiger partial charge is 0.480 e. The van der Waals surface area contributed by atoms with Crippen molar-refractivity contribution in [3.8, 4) is 0 Å². The van der Waals surface area contributed by atoms with Crippen molar-refractivity contribution in [2.75, 3.05) is 29.9 Å². The van der Waals surface area contributed by atoms with Crippen LogP contribution in [-0.2, 0) is 20.2 Å². The molecule has 0 bridgehead atoms. The number of benzene rings is 2. The number of carbonyl (C=O) groups is 2. The molecule has 1 saturated heterocycles. The standard InChI is InChI=1S/C29H35ClN6O5S/c1-29(2,3)21-7-4-5-8-25(21)42(40,41)35-23(27(38)39)18-33-26(37)19-9-10-24(22(30)17-19)36-15-11-20(12-16-36)34-28-31-13-6-14-32-28/h4-10,13-14,17,20,23,35H,11-12,15-16,18H2,1-3H3,(H,33,37)(H,38,39)(H,31,32,34)/t23-/m0/s1. The number of hydrogen-bond donors (Lipinski definition) is 4. The molecule has 1 fully saturated rings. The molecule has 2 aromatic carbocycles. The number of rotatable bonds is 10. The van der Waals surface area contributed by atoms with Gasteiger partial charge >= 0.3 is 5.97 Å². The highest BCUT2D eigenvalue weighted by molar-refractivity contribution is 7.89. The number of sulfonamides is 1. The molecule has 1 atom stereocenters. The molecular formula is C29H35ClN6O5S. The fraction of sp³-hybridized carbons (Fsp3) is 0.379. The second-order valence-corrected chi connectivity index (χ2v) is 13.2. The molecule has 1 amide bonds. The molecule has 1 aromatic heterocycles. The minimum absolute atomic E-state index is 0.00865. The van der Waals surface area contributed by atoms with Crippen LogP contribution < -0.4 is 20.3 Å². The van der Waals surface area contributed by atoms with Crippen molar-refractivity contribution in [1.29, 1.82) is 0 Å². The number of aliphatic carboxylic acids is 1. The molecule has 224 valence electrons. The van der Waals surface area contributed by atoms with Gasteiger partial charge in [-0.25, -0.2) is 18.4 Å². The number of amides is 1. The van der Waals surface area contributed by atoms with E-state index in [2.05, 4.69) is 30.2 Å². The van der Waals surface area contributed by atoms with Crippen molar-refractivity contribution < 1.29 is 23.1 Å². The minimum atomic E-state index is -4.20. The Hall–Kier alpha value is -3.74. The van der Waals surface area contributed by atoms with Crippen molar-refractivity contribution in [3.63, 3.8) is 0 Å². The van der Waals surface area contributed by atoms with E-state index >= 15 is 0 Å². The Kier molecular flexibility index (Phi) is 9.70. The van der Waals surface area contributed by atoms with E-state index in [4.69, 9.17) is 11.6 Å². The van der Waals surface area contributed by atoms with Crippen LogP contribution in [0.2, 0.25) is 5.02 Å². The van der Waals surface area contributed by atoms with Gasteiger partial charge in [-0.05, 0) is 54.2 Å². The lowest BCUT2D eigenvalue weighted by atomic mass is 9.87. The van der Waals surface area contributed by atoms with Crippen LogP contribution in [0, 0.1) is 0 Å². The van der Waals surface area contributed by atoms with Gasteiger partial charge in [0.15, 0.2) is 0 Å². The zero-order valence-electron chi connectivity index (χ0n) is 23.7. The summed E-state index contributed by atoms with van der Waals surface area (Å²) in [6.07, 6.45) is 5.08. The van der Waals surface area contributed by atoms with E-state index in [9.17, 15) is 23.1 Å². The zero-order valence-corrected chi connectivity index (χ0v) is 25.2. The molecule has 0 spiro atoms. The quantitative estimate of drug-likeness (QED) is 0.268. The number of hydrogen-bond acceptors (Lipinski definition) is 8. The topological polar surface area (TPSA) is 154 Å². The lowest BCUT2D eigenvalue weighted by molar-refractivity contribution is -0.138. The Morgan fingerprint density at radius 3 is 2.36 bits per heavy atom. The number of nitrogens with zero attached hydrogens (tertiary/aromatic N) is 3. The summed E-state index contributed by atoms with van der Waals surface area (Å²) >= 11 is 6.55. The van der Waals surface area contributed by atoms with Crippen LogP contribution in [0.3, 0.4) is 0 Å². The Bertz CT molecular complexity index is 1520. The van der Waals surface area contributed by atoms with Gasteiger partial charge in [0.25, 0.3) is 5.91 Å². The Labute approximate surface area is 250 Å². The SMILES string of the molecule is CC(C)(C)c1ccccc1S(=O)(=O)N[C@@H](CNC(=O)c1ccc(N2CCC(Nc3ncccn3)CC2)c(Cl)c1)C(=O)O. The van der Waals surface area contributed by atoms with Crippen LogP contribution in [0.25, 0.3) is 0 Å². The maximum Gasteiger partial charge on any atom is 0.323 e. The Balaban J connectivity index is 1.36. The number of carbonyl (C=O) groups excluding carboxylic acids is 1. The monoisotopic (exact) mass is 614 g/mol. The smallest absolute Gasteiger partial charge is 0.323 e. The van der Waals surface area contributed by atoms with Gasteiger partial charge in [0.1, 0.15) is 6.04 Å². The maximum atomic E-state index is 13.2. The summed E-state index contributed by atoms with van der Waals surface area (Å²) in [6.45, 7) is 6.63. The molecule has 0 aliphatic carbocycles. The van der Waals surface area contributed by atoms with E-state index in [0.29, 0.717) is 16.5 Å². The molecule has 13 heteroatoms. The number of halogens is 1. The first kappa shape index (κ1) is 31.2. The number of anilines is 2. The van der Waals surface area contributed by atoms with Gasteiger partial charge in [0, 0.05) is 43.6 Å². The molecule has 2 heterocycles. The van der Waals surface area contributed by atoms with Gasteiger partial charge in [-0.2, -0.15) is 4.72 Å². The van der Waals surface area contributed by atoms with E-state index < -0.39 is 39.9 Å². The average molecular weight is 615 g/mol. The van der Waals surface area contributed by atoms with E-state index in [0.717, 1.165) is 31.6 Å². The van der Waals surface area contributed by atoms with Crippen molar-refractivity contribution in [3.05, 3.63) is 77.1 Å². The lowest BCUT2D eigenvalue weighted by Gasteiger charge is -2.34. The third-order valence-electron chi connectivity index (χ3n) is 6.99. The fourth-order valence-electron chi connectivity index (χ4n) is 4.77. The molecule has 1 aliphatic rings. The number of carboxylic acid groups (broad SMARTS) is 1. The van der Waals surface area contributed by atoms with E-state index in [1.807, 2.05) is 20.8 Å². The number of aromatic nitrogens is 2. The summed E-state index contributed by atoms with van der Waals surface area (Å²) in [5.74, 6) is -1.40. The number of piperidine rings is 1. The predicted octanol–water partition coefficient (Wildman–Crippen LogP) is 3.67. The van der Waals surface area contributed by atoms with Crippen molar-refractivity contribution in [2.45, 2.75) is 56.0 Å². The molecular weight excluding hydrogens is 580 g/mol. The second kappa shape index (κ2) is 13.1. The van der Waals surface area contributed by atoms with Gasteiger partial charge in [-0.1, -0.05) is 50.6 Å². The molecule has 3 aromatic rings. The molecule has 11 nitrogen and oxygen atoms in total. The average Bonchev–Trinajstić information content (AvgIpc) is 2.95. The van der Waals surface area contributed by atoms with Gasteiger partial charge < -0.3 is 20.6 Å². The number of nitrogens with one attached hydrogen (secondary N) is 3. The molecule has 1 aliphatic heterocycles. The highest BCUT2D eigenvalue weighted by Crippen LogP contribution is 2.30. The summed E-state index contributed by atoms with van der Waals surface area (Å²) in [7, 11) is -4.20. The zero-order chi connectivity index (χ0) is 30.5. The van der Waals surface area contributed by atoms with Crippen molar-refractivity contribution >= 4 is 45.1 Å². The summed E-state index contributed by atoms with van der Waals surface area (Å²) in [4.78, 5) is 35.3. The van der Waals surface area contributed by atoms with E-state index in [1.165, 1.54) is 12.1 Å². The minimum Gasteiger partial charge on any atom is -0.480 e. The van der Waals surface area contributed by atoms with Gasteiger partial charge in [-0.15, -0.1) is 0 Å². The van der Waals surface area contributed by atoms with Gasteiger partial charge in [0.05, 0.1) is 15.6 Å². The third-order valence-corrected chi connectivity index (χ3v) is 8.82. The van der Waals surface area contributed by atoms with E-state index in [1.54, 1.807) is 48.8 Å². The Morgan fingerprint density at radius 2 is 1.74 bits per heavy atom. The first-order chi connectivity index (χ1) is 19.8. The van der Waals surface area contributed by atoms with Crippen LogP contribution in [0.15, 0.2) is 65.8 Å². The summed E-state index contributed by atoms with van der Waals surface area (Å²) in [6, 6.07) is 11.7. The van der Waals surface area contributed by atoms with Crippen LogP contribution >= 0.6 is 11.6 Å². The van der Waals surface area contributed by atoms with Crippen molar-refractivity contribution in [2.24, 2.45) is 0 Å². The highest BCUT2D eigenvalue weighted by atomic mass is 35.5. The van der Waals surface area contributed by atoms with E-state index in [-0.39, 0.29) is 16.5 Å². The maximum absolute atomic E-state index is 13.2. The first-order valence-corrected chi connectivity index (χ1v) is 15.4. The van der Waals surface area contributed by atoms with Crippen LogP contribution in [-0.4, -0.2) is 67.1 Å². The molecule has 4 N–H and O–H groups in total. The lowest BCUT2D eigenvalue weighted by Crippen LogP contribution is -2.48.